The van der Waals surface area contributed by atoms with Gasteiger partial charge in [0.25, 0.3) is 0 Å². The first-order valence-electron chi connectivity index (χ1n) is 7.39. The molecule has 0 saturated carbocycles. The monoisotopic (exact) mass is 347 g/mol. The lowest BCUT2D eigenvalue weighted by molar-refractivity contribution is -0.122. The van der Waals surface area contributed by atoms with E-state index < -0.39 is 5.82 Å². The SMILES string of the molecule is O=C(CCOc1ccccc1F)NNC(=S)NCc1ccccc1. The van der Waals surface area contributed by atoms with Gasteiger partial charge in [0.05, 0.1) is 13.0 Å². The number of benzene rings is 2. The molecule has 126 valence electrons. The predicted octanol–water partition coefficient (Wildman–Crippen LogP) is 2.29. The van der Waals surface area contributed by atoms with Gasteiger partial charge in [-0.05, 0) is 29.9 Å². The van der Waals surface area contributed by atoms with E-state index in [2.05, 4.69) is 16.2 Å². The lowest BCUT2D eigenvalue weighted by Crippen LogP contribution is -2.46. The number of nitrogens with one attached hydrogen (secondary N) is 3. The molecule has 2 aromatic rings. The highest BCUT2D eigenvalue weighted by Crippen LogP contribution is 2.15. The van der Waals surface area contributed by atoms with Gasteiger partial charge in [0.1, 0.15) is 0 Å². The normalized spacial score (nSPS) is 9.88. The van der Waals surface area contributed by atoms with Crippen LogP contribution in [0.5, 0.6) is 5.75 Å². The highest BCUT2D eigenvalue weighted by atomic mass is 32.1. The van der Waals surface area contributed by atoms with Crippen molar-refractivity contribution in [2.24, 2.45) is 0 Å². The van der Waals surface area contributed by atoms with Crippen molar-refractivity contribution in [2.75, 3.05) is 6.61 Å². The second-order valence-corrected chi connectivity index (χ2v) is 5.28. The van der Waals surface area contributed by atoms with E-state index in [9.17, 15) is 9.18 Å². The number of carbonyl (C=O) groups excluding carboxylic acids is 1. The first kappa shape index (κ1) is 17.7. The van der Waals surface area contributed by atoms with Crippen molar-refractivity contribution in [3.05, 3.63) is 66.0 Å². The van der Waals surface area contributed by atoms with Crippen LogP contribution < -0.4 is 20.9 Å². The smallest absolute Gasteiger partial charge is 0.241 e. The van der Waals surface area contributed by atoms with Gasteiger partial charge in [0.15, 0.2) is 16.7 Å². The maximum absolute atomic E-state index is 13.3. The van der Waals surface area contributed by atoms with E-state index in [1.165, 1.54) is 12.1 Å². The Labute approximate surface area is 145 Å². The zero-order valence-corrected chi connectivity index (χ0v) is 13.7. The summed E-state index contributed by atoms with van der Waals surface area (Å²) < 4.78 is 18.5. The van der Waals surface area contributed by atoms with Crippen LogP contribution in [0.1, 0.15) is 12.0 Å². The fourth-order valence-electron chi connectivity index (χ4n) is 1.83. The molecule has 3 N–H and O–H groups in total. The Kier molecular flexibility index (Phi) is 6.97. The number of halogens is 1. The molecule has 0 aromatic heterocycles. The van der Waals surface area contributed by atoms with Crippen molar-refractivity contribution in [1.82, 2.24) is 16.2 Å². The molecule has 0 aliphatic rings. The third-order valence-electron chi connectivity index (χ3n) is 3.03. The van der Waals surface area contributed by atoms with Crippen LogP contribution in [0.2, 0.25) is 0 Å². The summed E-state index contributed by atoms with van der Waals surface area (Å²) in [6.45, 7) is 0.623. The topological polar surface area (TPSA) is 62.4 Å². The van der Waals surface area contributed by atoms with Gasteiger partial charge in [0.2, 0.25) is 5.91 Å². The van der Waals surface area contributed by atoms with Crippen molar-refractivity contribution in [2.45, 2.75) is 13.0 Å². The molecule has 0 aliphatic heterocycles. The van der Waals surface area contributed by atoms with Gasteiger partial charge < -0.3 is 10.1 Å². The van der Waals surface area contributed by atoms with Gasteiger partial charge in [-0.2, -0.15) is 0 Å². The molecular formula is C17H18FN3O2S. The Morgan fingerprint density at radius 1 is 1.04 bits per heavy atom. The summed E-state index contributed by atoms with van der Waals surface area (Å²) in [5, 5.41) is 3.28. The number of ether oxygens (including phenoxy) is 1. The zero-order chi connectivity index (χ0) is 17.2. The van der Waals surface area contributed by atoms with Crippen molar-refractivity contribution in [3.8, 4) is 5.75 Å². The Hall–Kier alpha value is -2.67. The van der Waals surface area contributed by atoms with E-state index >= 15 is 0 Å². The summed E-state index contributed by atoms with van der Waals surface area (Å²) in [6.07, 6.45) is 0.0721. The maximum Gasteiger partial charge on any atom is 0.241 e. The quantitative estimate of drug-likeness (QED) is 0.553. The number of hydrazine groups is 1. The molecule has 2 aromatic carbocycles. The van der Waals surface area contributed by atoms with Crippen LogP contribution in [0.4, 0.5) is 4.39 Å². The molecule has 0 spiro atoms. The van der Waals surface area contributed by atoms with Crippen LogP contribution >= 0.6 is 12.2 Å². The number of rotatable bonds is 6. The summed E-state index contributed by atoms with van der Waals surface area (Å²) >= 11 is 5.06. The molecular weight excluding hydrogens is 329 g/mol. The number of para-hydroxylation sites is 1. The Morgan fingerprint density at radius 3 is 2.50 bits per heavy atom. The largest absolute Gasteiger partial charge is 0.490 e. The number of hydrogen-bond donors (Lipinski definition) is 3. The minimum absolute atomic E-state index is 0.0681. The summed E-state index contributed by atoms with van der Waals surface area (Å²) in [5.74, 6) is -0.643. The van der Waals surface area contributed by atoms with E-state index in [4.69, 9.17) is 17.0 Å². The third kappa shape index (κ3) is 6.21. The maximum atomic E-state index is 13.3. The molecule has 7 heteroatoms. The van der Waals surface area contributed by atoms with E-state index in [0.29, 0.717) is 11.7 Å². The zero-order valence-electron chi connectivity index (χ0n) is 12.9. The summed E-state index contributed by atoms with van der Waals surface area (Å²) in [5.41, 5.74) is 6.13. The fourth-order valence-corrected chi connectivity index (χ4v) is 1.95. The molecule has 1 amide bonds. The van der Waals surface area contributed by atoms with Crippen LogP contribution in [-0.4, -0.2) is 17.6 Å². The molecule has 0 unspecified atom stereocenters. The van der Waals surface area contributed by atoms with E-state index in [1.54, 1.807) is 12.1 Å². The predicted molar refractivity (Wildman–Crippen MR) is 93.7 cm³/mol. The molecule has 0 fully saturated rings. The van der Waals surface area contributed by atoms with Gasteiger partial charge >= 0.3 is 0 Å². The average molecular weight is 347 g/mol. The summed E-state index contributed by atoms with van der Waals surface area (Å²) in [4.78, 5) is 11.7. The Morgan fingerprint density at radius 2 is 1.75 bits per heavy atom. The van der Waals surface area contributed by atoms with Crippen LogP contribution in [0.3, 0.4) is 0 Å². The minimum atomic E-state index is -0.456. The highest BCUT2D eigenvalue weighted by molar-refractivity contribution is 7.80. The third-order valence-corrected chi connectivity index (χ3v) is 3.28. The van der Waals surface area contributed by atoms with E-state index in [1.807, 2.05) is 30.3 Å². The van der Waals surface area contributed by atoms with Gasteiger partial charge in [-0.3, -0.25) is 15.6 Å². The lowest BCUT2D eigenvalue weighted by atomic mass is 10.2. The minimum Gasteiger partial charge on any atom is -0.490 e. The molecule has 5 nitrogen and oxygen atoms in total. The average Bonchev–Trinajstić information content (AvgIpc) is 2.61. The molecule has 0 atom stereocenters. The van der Waals surface area contributed by atoms with Gasteiger partial charge in [-0.25, -0.2) is 4.39 Å². The van der Waals surface area contributed by atoms with Gasteiger partial charge in [-0.15, -0.1) is 0 Å². The first-order chi connectivity index (χ1) is 11.6. The van der Waals surface area contributed by atoms with E-state index in [-0.39, 0.29) is 24.7 Å². The molecule has 0 saturated heterocycles. The molecule has 0 heterocycles. The molecule has 0 aliphatic carbocycles. The van der Waals surface area contributed by atoms with Crippen LogP contribution in [0, 0.1) is 5.82 Å². The number of thiocarbonyl (C=S) groups is 1. The number of hydrogen-bond acceptors (Lipinski definition) is 3. The Bertz CT molecular complexity index is 683. The second-order valence-electron chi connectivity index (χ2n) is 4.87. The standard InChI is InChI=1S/C17H18FN3O2S/c18-14-8-4-5-9-15(14)23-11-10-16(22)20-21-17(24)19-12-13-6-2-1-3-7-13/h1-9H,10-12H2,(H,20,22)(H2,19,21,24). The molecule has 24 heavy (non-hydrogen) atoms. The molecule has 0 radical (unpaired) electrons. The highest BCUT2D eigenvalue weighted by Gasteiger charge is 2.05. The van der Waals surface area contributed by atoms with Crippen molar-refractivity contribution >= 4 is 23.2 Å². The summed E-state index contributed by atoms with van der Waals surface area (Å²) in [6, 6.07) is 15.8. The van der Waals surface area contributed by atoms with Crippen molar-refractivity contribution in [1.29, 1.82) is 0 Å². The van der Waals surface area contributed by atoms with Crippen LogP contribution in [-0.2, 0) is 11.3 Å². The van der Waals surface area contributed by atoms with Gasteiger partial charge in [-0.1, -0.05) is 42.5 Å². The summed E-state index contributed by atoms with van der Waals surface area (Å²) in [7, 11) is 0. The van der Waals surface area contributed by atoms with Crippen molar-refractivity contribution in [3.63, 3.8) is 0 Å². The van der Waals surface area contributed by atoms with Crippen LogP contribution in [0.25, 0.3) is 0 Å². The number of amides is 1. The fraction of sp³-hybridized carbons (Fsp3) is 0.176. The van der Waals surface area contributed by atoms with Crippen molar-refractivity contribution < 1.29 is 13.9 Å². The lowest BCUT2D eigenvalue weighted by Gasteiger charge is -2.12. The van der Waals surface area contributed by atoms with E-state index in [0.717, 1.165) is 5.56 Å². The molecule has 0 bridgehead atoms. The number of carbonyl (C=O) groups is 1. The second kappa shape index (κ2) is 9.46. The van der Waals surface area contributed by atoms with Crippen LogP contribution in [0.15, 0.2) is 54.6 Å². The molecule has 2 rings (SSSR count). The Balaban J connectivity index is 1.60. The first-order valence-corrected chi connectivity index (χ1v) is 7.80. The van der Waals surface area contributed by atoms with Gasteiger partial charge in [0, 0.05) is 6.54 Å².